The minimum absolute atomic E-state index is 0.708. The molecular weight excluding hydrogens is 739 g/mol. The molecule has 9 aromatic carbocycles. The van der Waals surface area contributed by atoms with Crippen LogP contribution in [0.1, 0.15) is 0 Å². The van der Waals surface area contributed by atoms with Gasteiger partial charge < -0.3 is 4.57 Å². The molecule has 0 radical (unpaired) electrons. The summed E-state index contributed by atoms with van der Waals surface area (Å²) in [5, 5.41) is 2.48. The fraction of sp³-hybridized carbons (Fsp3) is 0. The van der Waals surface area contributed by atoms with Crippen LogP contribution < -0.4 is 0 Å². The summed E-state index contributed by atoms with van der Waals surface area (Å²) in [6, 6.07) is 84.0. The molecule has 286 valence electrons. The Hall–Kier alpha value is -8.14. The minimum atomic E-state index is 0.708. The van der Waals surface area contributed by atoms with Crippen LogP contribution in [0.5, 0.6) is 0 Å². The van der Waals surface area contributed by atoms with Gasteiger partial charge in [0.2, 0.25) is 0 Å². The first-order valence-corrected chi connectivity index (χ1v) is 20.7. The largest absolute Gasteiger partial charge is 0.309 e. The van der Waals surface area contributed by atoms with Crippen LogP contribution in [0.2, 0.25) is 0 Å². The summed E-state index contributed by atoms with van der Waals surface area (Å²) in [6.07, 6.45) is 0. The van der Waals surface area contributed by atoms with Crippen molar-refractivity contribution in [1.82, 2.24) is 14.5 Å². The van der Waals surface area contributed by atoms with Crippen LogP contribution in [0.4, 0.5) is 0 Å². The minimum Gasteiger partial charge on any atom is -0.309 e. The quantitative estimate of drug-likeness (QED) is 0.154. The normalized spacial score (nSPS) is 11.3. The van der Waals surface area contributed by atoms with Gasteiger partial charge in [-0.05, 0) is 69.3 Å². The molecule has 11 aromatic rings. The Kier molecular flexibility index (Phi) is 9.18. The second kappa shape index (κ2) is 15.6. The van der Waals surface area contributed by atoms with E-state index in [9.17, 15) is 0 Å². The van der Waals surface area contributed by atoms with E-state index < -0.39 is 0 Å². The van der Waals surface area contributed by atoms with E-state index in [2.05, 4.69) is 217 Å². The van der Waals surface area contributed by atoms with Gasteiger partial charge in [0.05, 0.1) is 22.4 Å². The van der Waals surface area contributed by atoms with Crippen LogP contribution in [-0.4, -0.2) is 14.5 Å². The number of nitrogens with zero attached hydrogens (tertiary/aromatic N) is 3. The van der Waals surface area contributed by atoms with Crippen molar-refractivity contribution < 1.29 is 0 Å². The number of aromatic nitrogens is 3. The number of hydrogen-bond donors (Lipinski definition) is 0. The lowest BCUT2D eigenvalue weighted by molar-refractivity contribution is 1.18. The van der Waals surface area contributed by atoms with E-state index in [1.165, 1.54) is 55.2 Å². The molecular formula is C58H39N3. The van der Waals surface area contributed by atoms with Crippen LogP contribution in [0, 0.1) is 0 Å². The van der Waals surface area contributed by atoms with Crippen molar-refractivity contribution in [3.05, 3.63) is 237 Å². The topological polar surface area (TPSA) is 30.7 Å². The van der Waals surface area contributed by atoms with E-state index in [1.807, 2.05) is 24.3 Å². The molecule has 0 aliphatic heterocycles. The Morgan fingerprint density at radius 2 is 0.705 bits per heavy atom. The summed E-state index contributed by atoms with van der Waals surface area (Å²) < 4.78 is 2.41. The molecule has 0 N–H and O–H groups in total. The summed E-state index contributed by atoms with van der Waals surface area (Å²) >= 11 is 0. The zero-order valence-electron chi connectivity index (χ0n) is 33.4. The zero-order chi connectivity index (χ0) is 40.5. The van der Waals surface area contributed by atoms with Gasteiger partial charge in [-0.1, -0.05) is 206 Å². The molecule has 0 amide bonds. The molecule has 0 unspecified atom stereocenters. The molecule has 3 nitrogen and oxygen atoms in total. The highest BCUT2D eigenvalue weighted by molar-refractivity contribution is 6.14. The highest BCUT2D eigenvalue weighted by Crippen LogP contribution is 2.40. The monoisotopic (exact) mass is 777 g/mol. The molecule has 2 aromatic heterocycles. The van der Waals surface area contributed by atoms with Gasteiger partial charge in [0, 0.05) is 38.7 Å². The lowest BCUT2D eigenvalue weighted by Crippen LogP contribution is -1.96. The standard InChI is InChI=1S/C58H39N3/c1-5-14-40(15-6-1)41-28-32-46(33-29-41)54-39-55(60-58(59-54)48-18-9-3-10-19-48)47-34-30-43(31-35-47)42-24-26-44(27-25-42)49-36-37-56-53(38-49)52-23-13-22-51(45-16-7-2-8-17-45)57(52)61(56)50-20-11-4-12-21-50/h1-39H. The van der Waals surface area contributed by atoms with Gasteiger partial charge in [0.15, 0.2) is 5.82 Å². The number of fused-ring (bicyclic) bond motifs is 3. The average Bonchev–Trinajstić information content (AvgIpc) is 3.69. The van der Waals surface area contributed by atoms with Crippen LogP contribution in [-0.2, 0) is 0 Å². The van der Waals surface area contributed by atoms with Crippen molar-refractivity contribution in [2.75, 3.05) is 0 Å². The number of hydrogen-bond acceptors (Lipinski definition) is 2. The van der Waals surface area contributed by atoms with E-state index in [4.69, 9.17) is 9.97 Å². The predicted octanol–water partition coefficient (Wildman–Crippen LogP) is 15.2. The average molecular weight is 778 g/mol. The maximum absolute atomic E-state index is 5.08. The Labute approximate surface area is 355 Å². The van der Waals surface area contributed by atoms with Crippen LogP contribution in [0.3, 0.4) is 0 Å². The van der Waals surface area contributed by atoms with Crippen LogP contribution in [0.15, 0.2) is 237 Å². The molecule has 0 fully saturated rings. The van der Waals surface area contributed by atoms with E-state index in [-0.39, 0.29) is 0 Å². The van der Waals surface area contributed by atoms with Gasteiger partial charge in [-0.25, -0.2) is 9.97 Å². The second-order valence-electron chi connectivity index (χ2n) is 15.4. The summed E-state index contributed by atoms with van der Waals surface area (Å²) in [4.78, 5) is 10.1. The van der Waals surface area contributed by atoms with Crippen molar-refractivity contribution in [2.24, 2.45) is 0 Å². The van der Waals surface area contributed by atoms with Gasteiger partial charge in [0.25, 0.3) is 0 Å². The predicted molar refractivity (Wildman–Crippen MR) is 254 cm³/mol. The van der Waals surface area contributed by atoms with Crippen molar-refractivity contribution in [2.45, 2.75) is 0 Å². The molecule has 0 atom stereocenters. The first-order chi connectivity index (χ1) is 30.2. The first-order valence-electron chi connectivity index (χ1n) is 20.7. The summed E-state index contributed by atoms with van der Waals surface area (Å²) in [7, 11) is 0. The number of benzene rings is 9. The Bertz CT molecular complexity index is 3280. The molecule has 0 saturated heterocycles. The smallest absolute Gasteiger partial charge is 0.160 e. The summed E-state index contributed by atoms with van der Waals surface area (Å²) in [5.41, 5.74) is 17.9. The highest BCUT2D eigenvalue weighted by atomic mass is 15.0. The first kappa shape index (κ1) is 36.0. The van der Waals surface area contributed by atoms with Crippen LogP contribution >= 0.6 is 0 Å². The zero-order valence-corrected chi connectivity index (χ0v) is 33.4. The maximum Gasteiger partial charge on any atom is 0.160 e. The van der Waals surface area contributed by atoms with E-state index in [0.717, 1.165) is 44.9 Å². The summed E-state index contributed by atoms with van der Waals surface area (Å²) in [5.74, 6) is 0.708. The van der Waals surface area contributed by atoms with Crippen molar-refractivity contribution >= 4 is 21.8 Å². The van der Waals surface area contributed by atoms with Gasteiger partial charge in [-0.15, -0.1) is 0 Å². The molecule has 0 aliphatic carbocycles. The number of rotatable bonds is 8. The fourth-order valence-electron chi connectivity index (χ4n) is 8.56. The molecule has 61 heavy (non-hydrogen) atoms. The van der Waals surface area contributed by atoms with Crippen molar-refractivity contribution in [3.8, 4) is 84.1 Å². The molecule has 0 aliphatic rings. The van der Waals surface area contributed by atoms with Gasteiger partial charge in [0.1, 0.15) is 0 Å². The van der Waals surface area contributed by atoms with Crippen LogP contribution in [0.25, 0.3) is 106 Å². The molecule has 2 heterocycles. The van der Waals surface area contributed by atoms with E-state index in [0.29, 0.717) is 5.82 Å². The maximum atomic E-state index is 5.08. The Balaban J connectivity index is 0.915. The number of para-hydroxylation sites is 2. The van der Waals surface area contributed by atoms with Gasteiger partial charge in [-0.3, -0.25) is 0 Å². The Morgan fingerprint density at radius 3 is 1.25 bits per heavy atom. The third kappa shape index (κ3) is 6.88. The molecule has 0 bridgehead atoms. The molecule has 0 spiro atoms. The van der Waals surface area contributed by atoms with Crippen molar-refractivity contribution in [3.63, 3.8) is 0 Å². The lowest BCUT2D eigenvalue weighted by atomic mass is 9.97. The SMILES string of the molecule is c1ccc(-c2ccc(-c3cc(-c4ccc(-c5ccc(-c6ccc7c(c6)c6cccc(-c8ccccc8)c6n7-c6ccccc6)cc5)cc4)nc(-c4ccccc4)n3)cc2)cc1. The lowest BCUT2D eigenvalue weighted by Gasteiger charge is -2.12. The van der Waals surface area contributed by atoms with E-state index in [1.54, 1.807) is 0 Å². The fourth-order valence-corrected chi connectivity index (χ4v) is 8.56. The highest BCUT2D eigenvalue weighted by Gasteiger charge is 2.18. The molecule has 11 rings (SSSR count). The molecule has 0 saturated carbocycles. The van der Waals surface area contributed by atoms with Gasteiger partial charge in [-0.2, -0.15) is 0 Å². The van der Waals surface area contributed by atoms with Gasteiger partial charge >= 0.3 is 0 Å². The second-order valence-corrected chi connectivity index (χ2v) is 15.4. The summed E-state index contributed by atoms with van der Waals surface area (Å²) in [6.45, 7) is 0. The van der Waals surface area contributed by atoms with E-state index >= 15 is 0 Å². The third-order valence-electron chi connectivity index (χ3n) is 11.7. The van der Waals surface area contributed by atoms with Crippen molar-refractivity contribution in [1.29, 1.82) is 0 Å². The third-order valence-corrected chi connectivity index (χ3v) is 11.7. The Morgan fingerprint density at radius 1 is 0.279 bits per heavy atom. The molecule has 3 heteroatoms.